The molecule has 5 rings (SSSR count). The van der Waals surface area contributed by atoms with Crippen LogP contribution in [0.2, 0.25) is 0 Å². The maximum absolute atomic E-state index is 13.3. The van der Waals surface area contributed by atoms with E-state index in [0.717, 1.165) is 6.07 Å². The number of phenols is 3. The number of aromatic hydroxyl groups is 3. The van der Waals surface area contributed by atoms with Gasteiger partial charge in [-0.2, -0.15) is 0 Å². The molecule has 1 saturated heterocycles. The van der Waals surface area contributed by atoms with Crippen LogP contribution in [0.4, 0.5) is 0 Å². The van der Waals surface area contributed by atoms with Gasteiger partial charge in [-0.15, -0.1) is 0 Å². The average Bonchev–Trinajstić information content (AvgIpc) is 2.89. The zero-order chi connectivity index (χ0) is 25.2. The number of fused-ring (bicyclic) bond motifs is 1. The van der Waals surface area contributed by atoms with Crippen LogP contribution in [0.15, 0.2) is 75.9 Å². The lowest BCUT2D eigenvalue weighted by molar-refractivity contribution is -0.135. The zero-order valence-electron chi connectivity index (χ0n) is 19.4. The molecule has 1 amide bonds. The van der Waals surface area contributed by atoms with Crippen LogP contribution in [0.3, 0.4) is 0 Å². The zero-order valence-corrected chi connectivity index (χ0v) is 19.4. The number of benzene rings is 3. The molecule has 3 N–H and O–H groups in total. The summed E-state index contributed by atoms with van der Waals surface area (Å²) < 4.78 is 11.5. The predicted octanol–water partition coefficient (Wildman–Crippen LogP) is 3.96. The Morgan fingerprint density at radius 1 is 0.917 bits per heavy atom. The largest absolute Gasteiger partial charge is 0.508 e. The van der Waals surface area contributed by atoms with Crippen LogP contribution in [0.25, 0.3) is 22.3 Å². The number of carbonyl (C=O) groups is 1. The van der Waals surface area contributed by atoms with E-state index in [0.29, 0.717) is 37.4 Å². The molecule has 0 saturated carbocycles. The van der Waals surface area contributed by atoms with Crippen LogP contribution in [0.5, 0.6) is 17.2 Å². The highest BCUT2D eigenvalue weighted by Gasteiger charge is 2.30. The summed E-state index contributed by atoms with van der Waals surface area (Å²) in [5.41, 5.74) is 1.02. The third-order valence-corrected chi connectivity index (χ3v) is 6.44. The first kappa shape index (κ1) is 23.4. The summed E-state index contributed by atoms with van der Waals surface area (Å²) in [6.45, 7) is 1.80. The molecule has 1 aliphatic heterocycles. The summed E-state index contributed by atoms with van der Waals surface area (Å²) >= 11 is 0. The van der Waals surface area contributed by atoms with Gasteiger partial charge in [0.05, 0.1) is 13.2 Å². The van der Waals surface area contributed by atoms with Gasteiger partial charge in [0, 0.05) is 48.7 Å². The van der Waals surface area contributed by atoms with Crippen molar-refractivity contribution in [3.8, 4) is 28.6 Å². The Morgan fingerprint density at radius 3 is 2.31 bits per heavy atom. The number of carbonyl (C=O) groups excluding carboxylic acids is 1. The Kier molecular flexibility index (Phi) is 6.35. The van der Waals surface area contributed by atoms with Crippen molar-refractivity contribution in [2.45, 2.75) is 12.3 Å². The fraction of sp³-hybridized carbons (Fsp3) is 0.214. The SMILES string of the molecule is O=C(CC(c1ccc(O)cc1)c1c(O)cc(O)c2c(=O)cc(-c3ccccc3)oc12)N1CCOCC1. The fourth-order valence-electron chi connectivity index (χ4n) is 4.61. The first-order valence-corrected chi connectivity index (χ1v) is 11.6. The van der Waals surface area contributed by atoms with Crippen molar-refractivity contribution in [2.24, 2.45) is 0 Å². The van der Waals surface area contributed by atoms with E-state index in [1.807, 2.05) is 6.07 Å². The summed E-state index contributed by atoms with van der Waals surface area (Å²) in [5, 5.41) is 31.3. The minimum atomic E-state index is -0.724. The first-order valence-electron chi connectivity index (χ1n) is 11.6. The van der Waals surface area contributed by atoms with Crippen LogP contribution < -0.4 is 5.43 Å². The predicted molar refractivity (Wildman–Crippen MR) is 133 cm³/mol. The van der Waals surface area contributed by atoms with Crippen molar-refractivity contribution < 1.29 is 29.3 Å². The number of nitrogens with zero attached hydrogens (tertiary/aromatic N) is 1. The van der Waals surface area contributed by atoms with Crippen LogP contribution in [-0.2, 0) is 9.53 Å². The number of hydrogen-bond donors (Lipinski definition) is 3. The van der Waals surface area contributed by atoms with E-state index in [2.05, 4.69) is 0 Å². The third kappa shape index (κ3) is 4.50. The molecule has 36 heavy (non-hydrogen) atoms. The first-order chi connectivity index (χ1) is 17.4. The number of hydrogen-bond acceptors (Lipinski definition) is 7. The molecule has 2 heterocycles. The second-order valence-corrected chi connectivity index (χ2v) is 8.71. The van der Waals surface area contributed by atoms with E-state index in [9.17, 15) is 24.9 Å². The minimum absolute atomic E-state index is 0.00621. The second-order valence-electron chi connectivity index (χ2n) is 8.71. The fourth-order valence-corrected chi connectivity index (χ4v) is 4.61. The Balaban J connectivity index is 1.71. The molecule has 8 heteroatoms. The molecule has 0 aliphatic carbocycles. The Bertz CT molecular complexity index is 1460. The number of morpholine rings is 1. The van der Waals surface area contributed by atoms with Crippen LogP contribution in [0.1, 0.15) is 23.5 Å². The molecular weight excluding hydrogens is 462 g/mol. The summed E-state index contributed by atoms with van der Waals surface area (Å²) in [6.07, 6.45) is -0.0303. The molecule has 1 aromatic heterocycles. The van der Waals surface area contributed by atoms with Crippen molar-refractivity contribution in [2.75, 3.05) is 26.3 Å². The molecule has 1 fully saturated rings. The lowest BCUT2D eigenvalue weighted by Crippen LogP contribution is -2.41. The topological polar surface area (TPSA) is 120 Å². The van der Waals surface area contributed by atoms with Crippen LogP contribution >= 0.6 is 0 Å². The van der Waals surface area contributed by atoms with Gasteiger partial charge in [0.1, 0.15) is 34.0 Å². The summed E-state index contributed by atoms with van der Waals surface area (Å²) in [4.78, 5) is 28.1. The van der Waals surface area contributed by atoms with E-state index in [1.165, 1.54) is 18.2 Å². The highest BCUT2D eigenvalue weighted by atomic mass is 16.5. The van der Waals surface area contributed by atoms with E-state index in [4.69, 9.17) is 9.15 Å². The molecule has 184 valence electrons. The van der Waals surface area contributed by atoms with Gasteiger partial charge in [0.2, 0.25) is 5.91 Å². The van der Waals surface area contributed by atoms with Crippen molar-refractivity contribution in [1.29, 1.82) is 0 Å². The van der Waals surface area contributed by atoms with Gasteiger partial charge < -0.3 is 29.4 Å². The van der Waals surface area contributed by atoms with Crippen LogP contribution in [-0.4, -0.2) is 52.4 Å². The molecule has 1 atom stereocenters. The van der Waals surface area contributed by atoms with Gasteiger partial charge in [0.25, 0.3) is 0 Å². The molecule has 0 radical (unpaired) electrons. The molecule has 1 unspecified atom stereocenters. The molecule has 8 nitrogen and oxygen atoms in total. The Hall–Kier alpha value is -4.30. The molecule has 0 spiro atoms. The van der Waals surface area contributed by atoms with Gasteiger partial charge in [-0.3, -0.25) is 9.59 Å². The molecule has 0 bridgehead atoms. The molecular formula is C28H25NO7. The van der Waals surface area contributed by atoms with Crippen molar-refractivity contribution in [3.05, 3.63) is 88.1 Å². The standard InChI is InChI=1S/C28H25NO7/c30-19-8-6-17(7-9-19)20(14-25(34)29-10-12-35-13-11-29)26-21(31)15-22(32)27-23(33)16-24(36-28(26)27)18-4-2-1-3-5-18/h1-9,15-16,20,30-32H,10-14H2. The second kappa shape index (κ2) is 9.75. The summed E-state index contributed by atoms with van der Waals surface area (Å²) in [7, 11) is 0. The Labute approximate surface area is 206 Å². The number of phenolic OH excluding ortho intramolecular Hbond substituents is 3. The van der Waals surface area contributed by atoms with Gasteiger partial charge in [0.15, 0.2) is 5.43 Å². The van der Waals surface area contributed by atoms with E-state index in [-0.39, 0.29) is 46.1 Å². The van der Waals surface area contributed by atoms with Gasteiger partial charge in [-0.25, -0.2) is 0 Å². The minimum Gasteiger partial charge on any atom is -0.508 e. The maximum Gasteiger partial charge on any atom is 0.223 e. The normalized spacial score (nSPS) is 14.6. The van der Waals surface area contributed by atoms with E-state index < -0.39 is 17.1 Å². The third-order valence-electron chi connectivity index (χ3n) is 6.44. The highest BCUT2D eigenvalue weighted by Crippen LogP contribution is 2.43. The number of rotatable bonds is 5. The van der Waals surface area contributed by atoms with Gasteiger partial charge >= 0.3 is 0 Å². The molecule has 4 aromatic rings. The van der Waals surface area contributed by atoms with Crippen LogP contribution in [0, 0.1) is 0 Å². The lowest BCUT2D eigenvalue weighted by atomic mass is 9.86. The quantitative estimate of drug-likeness (QED) is 0.390. The number of ether oxygens (including phenoxy) is 1. The number of amides is 1. The van der Waals surface area contributed by atoms with E-state index >= 15 is 0 Å². The Morgan fingerprint density at radius 2 is 1.61 bits per heavy atom. The smallest absolute Gasteiger partial charge is 0.223 e. The highest BCUT2D eigenvalue weighted by molar-refractivity contribution is 5.91. The van der Waals surface area contributed by atoms with Crippen molar-refractivity contribution >= 4 is 16.9 Å². The molecule has 1 aliphatic rings. The summed E-state index contributed by atoms with van der Waals surface area (Å²) in [5.74, 6) is -1.28. The van der Waals surface area contributed by atoms with Gasteiger partial charge in [-0.1, -0.05) is 42.5 Å². The maximum atomic E-state index is 13.3. The average molecular weight is 488 g/mol. The lowest BCUT2D eigenvalue weighted by Gasteiger charge is -2.29. The van der Waals surface area contributed by atoms with Crippen molar-refractivity contribution in [1.82, 2.24) is 4.90 Å². The van der Waals surface area contributed by atoms with E-state index in [1.54, 1.807) is 41.3 Å². The molecule has 3 aromatic carbocycles. The summed E-state index contributed by atoms with van der Waals surface area (Å²) in [6, 6.07) is 17.7. The monoisotopic (exact) mass is 487 g/mol. The van der Waals surface area contributed by atoms with Gasteiger partial charge in [-0.05, 0) is 17.7 Å². The van der Waals surface area contributed by atoms with Crippen molar-refractivity contribution in [3.63, 3.8) is 0 Å².